The maximum Gasteiger partial charge on any atom is 0.150 e. The first-order valence-corrected chi connectivity index (χ1v) is 9.48. The van der Waals surface area contributed by atoms with Crippen molar-refractivity contribution in [3.8, 4) is 0 Å². The summed E-state index contributed by atoms with van der Waals surface area (Å²) in [5.74, 6) is 1.35. The van der Waals surface area contributed by atoms with Gasteiger partial charge >= 0.3 is 0 Å². The Morgan fingerprint density at radius 2 is 2.32 bits per heavy atom. The van der Waals surface area contributed by atoms with Crippen molar-refractivity contribution in [1.29, 1.82) is 0 Å². The van der Waals surface area contributed by atoms with Crippen LogP contribution in [0.25, 0.3) is 0 Å². The van der Waals surface area contributed by atoms with E-state index in [1.807, 2.05) is 11.6 Å². The third-order valence-corrected chi connectivity index (χ3v) is 6.24. The summed E-state index contributed by atoms with van der Waals surface area (Å²) in [5.41, 5.74) is 0. The molecule has 0 amide bonds. The molecule has 1 fully saturated rings. The van der Waals surface area contributed by atoms with Crippen molar-refractivity contribution in [2.45, 2.75) is 32.7 Å². The summed E-state index contributed by atoms with van der Waals surface area (Å²) in [6.07, 6.45) is 3.51. The fourth-order valence-corrected chi connectivity index (χ4v) is 5.20. The SMILES string of the molecule is CC(C)NCC(Cc1nccs1)C1CCS(=O)(=O)C1. The van der Waals surface area contributed by atoms with Crippen LogP contribution in [-0.2, 0) is 16.3 Å². The van der Waals surface area contributed by atoms with E-state index in [0.717, 1.165) is 24.4 Å². The zero-order valence-electron chi connectivity index (χ0n) is 11.5. The Bertz CT molecular complexity index is 483. The molecule has 2 atom stereocenters. The second-order valence-corrected chi connectivity index (χ2v) is 8.82. The van der Waals surface area contributed by atoms with E-state index in [0.29, 0.717) is 23.5 Å². The highest BCUT2D eigenvalue weighted by Crippen LogP contribution is 2.28. The molecule has 2 heterocycles. The van der Waals surface area contributed by atoms with Crippen molar-refractivity contribution in [3.63, 3.8) is 0 Å². The van der Waals surface area contributed by atoms with Gasteiger partial charge in [0.15, 0.2) is 9.84 Å². The number of rotatable bonds is 6. The molecule has 2 rings (SSSR count). The molecule has 0 bridgehead atoms. The summed E-state index contributed by atoms with van der Waals surface area (Å²) in [4.78, 5) is 4.33. The second kappa shape index (κ2) is 6.33. The molecule has 0 aromatic carbocycles. The lowest BCUT2D eigenvalue weighted by Crippen LogP contribution is -2.34. The highest BCUT2D eigenvalue weighted by atomic mass is 32.2. The van der Waals surface area contributed by atoms with Crippen LogP contribution in [0.2, 0.25) is 0 Å². The highest BCUT2D eigenvalue weighted by Gasteiger charge is 2.33. The van der Waals surface area contributed by atoms with Gasteiger partial charge in [-0.1, -0.05) is 13.8 Å². The molecule has 0 saturated carbocycles. The number of nitrogens with zero attached hydrogens (tertiary/aromatic N) is 1. The zero-order valence-corrected chi connectivity index (χ0v) is 13.1. The normalized spacial score (nSPS) is 23.8. The minimum Gasteiger partial charge on any atom is -0.314 e. The smallest absolute Gasteiger partial charge is 0.150 e. The number of hydrogen-bond acceptors (Lipinski definition) is 5. The van der Waals surface area contributed by atoms with E-state index in [1.165, 1.54) is 0 Å². The minimum atomic E-state index is -2.80. The molecule has 19 heavy (non-hydrogen) atoms. The van der Waals surface area contributed by atoms with Crippen LogP contribution >= 0.6 is 11.3 Å². The highest BCUT2D eigenvalue weighted by molar-refractivity contribution is 7.91. The van der Waals surface area contributed by atoms with Gasteiger partial charge in [-0.15, -0.1) is 11.3 Å². The fourth-order valence-electron chi connectivity index (χ4n) is 2.57. The van der Waals surface area contributed by atoms with Crippen LogP contribution in [0.5, 0.6) is 0 Å². The molecule has 1 aromatic heterocycles. The quantitative estimate of drug-likeness (QED) is 0.869. The van der Waals surface area contributed by atoms with E-state index < -0.39 is 9.84 Å². The first-order chi connectivity index (χ1) is 8.96. The molecule has 1 aliphatic rings. The Morgan fingerprint density at radius 1 is 1.53 bits per heavy atom. The van der Waals surface area contributed by atoms with Gasteiger partial charge in [-0.25, -0.2) is 13.4 Å². The lowest BCUT2D eigenvalue weighted by molar-refractivity contribution is 0.333. The number of thiazole rings is 1. The maximum atomic E-state index is 11.7. The summed E-state index contributed by atoms with van der Waals surface area (Å²) in [7, 11) is -2.80. The number of sulfone groups is 1. The summed E-state index contributed by atoms with van der Waals surface area (Å²) in [6, 6.07) is 0.428. The van der Waals surface area contributed by atoms with Crippen LogP contribution in [0.1, 0.15) is 25.3 Å². The van der Waals surface area contributed by atoms with Gasteiger partial charge in [0.2, 0.25) is 0 Å². The van der Waals surface area contributed by atoms with E-state index in [1.54, 1.807) is 11.3 Å². The van der Waals surface area contributed by atoms with E-state index in [9.17, 15) is 8.42 Å². The molecule has 0 spiro atoms. The zero-order chi connectivity index (χ0) is 13.9. The predicted octanol–water partition coefficient (Wildman–Crippen LogP) is 1.73. The van der Waals surface area contributed by atoms with Crippen molar-refractivity contribution < 1.29 is 8.42 Å². The largest absolute Gasteiger partial charge is 0.314 e. The monoisotopic (exact) mass is 302 g/mol. The van der Waals surface area contributed by atoms with Crippen molar-refractivity contribution in [2.75, 3.05) is 18.1 Å². The summed E-state index contributed by atoms with van der Waals surface area (Å²) in [5, 5.41) is 6.54. The van der Waals surface area contributed by atoms with Gasteiger partial charge in [0.1, 0.15) is 0 Å². The topological polar surface area (TPSA) is 59.1 Å². The summed E-state index contributed by atoms with van der Waals surface area (Å²) in [6.45, 7) is 5.11. The molecular weight excluding hydrogens is 280 g/mol. The average molecular weight is 302 g/mol. The molecule has 6 heteroatoms. The van der Waals surface area contributed by atoms with Gasteiger partial charge in [0.05, 0.1) is 16.5 Å². The summed E-state index contributed by atoms with van der Waals surface area (Å²) < 4.78 is 23.3. The molecule has 0 radical (unpaired) electrons. The Balaban J connectivity index is 2.01. The van der Waals surface area contributed by atoms with Crippen molar-refractivity contribution in [2.24, 2.45) is 11.8 Å². The molecule has 4 nitrogen and oxygen atoms in total. The van der Waals surface area contributed by atoms with E-state index in [4.69, 9.17) is 0 Å². The molecule has 1 aliphatic heterocycles. The Morgan fingerprint density at radius 3 is 2.84 bits per heavy atom. The van der Waals surface area contributed by atoms with Gasteiger partial charge in [-0.2, -0.15) is 0 Å². The van der Waals surface area contributed by atoms with Crippen molar-refractivity contribution >= 4 is 21.2 Å². The standard InChI is InChI=1S/C13H22N2O2S2/c1-10(2)15-8-12(7-13-14-4-5-18-13)11-3-6-19(16,17)9-11/h4-5,10-12,15H,3,6-9H2,1-2H3. The van der Waals surface area contributed by atoms with Gasteiger partial charge in [0.25, 0.3) is 0 Å². The van der Waals surface area contributed by atoms with Crippen LogP contribution < -0.4 is 5.32 Å². The average Bonchev–Trinajstić information content (AvgIpc) is 2.93. The molecule has 0 aliphatic carbocycles. The first-order valence-electron chi connectivity index (χ1n) is 6.78. The molecule has 108 valence electrons. The van der Waals surface area contributed by atoms with Crippen LogP contribution in [-0.4, -0.2) is 37.5 Å². The lowest BCUT2D eigenvalue weighted by atomic mass is 9.89. The van der Waals surface area contributed by atoms with Crippen LogP contribution in [0.15, 0.2) is 11.6 Å². The minimum absolute atomic E-state index is 0.278. The molecule has 2 unspecified atom stereocenters. The number of aromatic nitrogens is 1. The third kappa shape index (κ3) is 4.54. The van der Waals surface area contributed by atoms with Crippen LogP contribution in [0, 0.1) is 11.8 Å². The third-order valence-electron chi connectivity index (χ3n) is 3.64. The number of nitrogens with one attached hydrogen (secondary N) is 1. The Kier molecular flexibility index (Phi) is 4.97. The molecular formula is C13H22N2O2S2. The predicted molar refractivity (Wildman–Crippen MR) is 79.2 cm³/mol. The fraction of sp³-hybridized carbons (Fsp3) is 0.769. The Labute approximate surface area is 119 Å². The van der Waals surface area contributed by atoms with Crippen molar-refractivity contribution in [1.82, 2.24) is 10.3 Å². The lowest BCUT2D eigenvalue weighted by Gasteiger charge is -2.23. The van der Waals surface area contributed by atoms with E-state index in [-0.39, 0.29) is 5.92 Å². The summed E-state index contributed by atoms with van der Waals surface area (Å²) >= 11 is 1.66. The number of hydrogen-bond donors (Lipinski definition) is 1. The van der Waals surface area contributed by atoms with E-state index in [2.05, 4.69) is 24.1 Å². The first kappa shape index (κ1) is 14.9. The second-order valence-electron chi connectivity index (χ2n) is 5.62. The van der Waals surface area contributed by atoms with Gasteiger partial charge in [-0.05, 0) is 24.8 Å². The molecule has 1 aromatic rings. The van der Waals surface area contributed by atoms with Crippen LogP contribution in [0.3, 0.4) is 0 Å². The van der Waals surface area contributed by atoms with Gasteiger partial charge < -0.3 is 5.32 Å². The van der Waals surface area contributed by atoms with Gasteiger partial charge in [-0.3, -0.25) is 0 Å². The van der Waals surface area contributed by atoms with Gasteiger partial charge in [0, 0.05) is 24.0 Å². The maximum absolute atomic E-state index is 11.7. The molecule has 1 N–H and O–H groups in total. The van der Waals surface area contributed by atoms with E-state index >= 15 is 0 Å². The molecule has 1 saturated heterocycles. The van der Waals surface area contributed by atoms with Crippen molar-refractivity contribution in [3.05, 3.63) is 16.6 Å². The van der Waals surface area contributed by atoms with Crippen LogP contribution in [0.4, 0.5) is 0 Å². The Hall–Kier alpha value is -0.460.